The van der Waals surface area contributed by atoms with Crippen LogP contribution in [0.3, 0.4) is 0 Å². The molecule has 0 bridgehead atoms. The summed E-state index contributed by atoms with van der Waals surface area (Å²) < 4.78 is 21.7. The van der Waals surface area contributed by atoms with Crippen LogP contribution >= 0.6 is 0 Å². The molecule has 0 spiro atoms. The average Bonchev–Trinajstić information content (AvgIpc) is 3.31. The van der Waals surface area contributed by atoms with E-state index < -0.39 is 11.9 Å². The second-order valence-corrected chi connectivity index (χ2v) is 6.37. The second-order valence-electron chi connectivity index (χ2n) is 6.37. The molecule has 0 saturated carbocycles. The van der Waals surface area contributed by atoms with E-state index in [1.165, 1.54) is 12.3 Å². The zero-order valence-corrected chi connectivity index (χ0v) is 13.3. The Morgan fingerprint density at radius 2 is 2.12 bits per heavy atom. The van der Waals surface area contributed by atoms with Crippen molar-refractivity contribution >= 4 is 11.0 Å². The van der Waals surface area contributed by atoms with Gasteiger partial charge < -0.3 is 14.1 Å². The van der Waals surface area contributed by atoms with E-state index in [2.05, 4.69) is 11.1 Å². The fourth-order valence-electron chi connectivity index (χ4n) is 3.77. The maximum atomic E-state index is 14.4. The Balaban J connectivity index is 1.53. The molecule has 0 radical (unpaired) electrons. The van der Waals surface area contributed by atoms with Gasteiger partial charge >= 0.3 is 0 Å². The zero-order valence-electron chi connectivity index (χ0n) is 13.3. The number of rotatable bonds is 3. The summed E-state index contributed by atoms with van der Waals surface area (Å²) in [6.45, 7) is 0. The molecule has 2 aromatic carbocycles. The monoisotopic (exact) mass is 334 g/mol. The molecular weight excluding hydrogens is 319 g/mol. The van der Waals surface area contributed by atoms with Gasteiger partial charge in [0.15, 0.2) is 0 Å². The second kappa shape index (κ2) is 5.29. The molecule has 0 unspecified atom stereocenters. The fraction of sp³-hybridized carbons (Fsp3) is 0.150. The third-order valence-corrected chi connectivity index (χ3v) is 4.97. The van der Waals surface area contributed by atoms with Gasteiger partial charge in [0.2, 0.25) is 0 Å². The summed E-state index contributed by atoms with van der Waals surface area (Å²) in [6, 6.07) is 12.8. The van der Waals surface area contributed by atoms with Gasteiger partial charge in [-0.15, -0.1) is 0 Å². The van der Waals surface area contributed by atoms with Gasteiger partial charge in [-0.2, -0.15) is 0 Å². The van der Waals surface area contributed by atoms with Crippen molar-refractivity contribution in [3.8, 4) is 11.3 Å². The maximum absolute atomic E-state index is 14.4. The van der Waals surface area contributed by atoms with Crippen LogP contribution in [0.1, 0.15) is 29.7 Å². The minimum absolute atomic E-state index is 0.0665. The highest BCUT2D eigenvalue weighted by Crippen LogP contribution is 2.43. The third kappa shape index (κ3) is 2.13. The lowest BCUT2D eigenvalue weighted by molar-refractivity contribution is 0.149. The van der Waals surface area contributed by atoms with E-state index in [1.54, 1.807) is 18.5 Å². The summed E-state index contributed by atoms with van der Waals surface area (Å²) in [5.41, 5.74) is 4.04. The SMILES string of the molecule is O[C@@H](C[C@@H]1c2ccccc2-c2cncn21)c1cc2ccoc2cc1F. The molecule has 0 saturated heterocycles. The number of furan rings is 1. The topological polar surface area (TPSA) is 51.2 Å². The average molecular weight is 334 g/mol. The first-order chi connectivity index (χ1) is 12.2. The van der Waals surface area contributed by atoms with E-state index in [9.17, 15) is 9.50 Å². The molecule has 0 amide bonds. The zero-order chi connectivity index (χ0) is 17.0. The van der Waals surface area contributed by atoms with Crippen LogP contribution in [0.2, 0.25) is 0 Å². The Labute approximate surface area is 143 Å². The Kier molecular flexibility index (Phi) is 3.05. The molecule has 1 N–H and O–H groups in total. The van der Waals surface area contributed by atoms with Crippen LogP contribution in [0.25, 0.3) is 22.2 Å². The molecule has 124 valence electrons. The lowest BCUT2D eigenvalue weighted by atomic mass is 9.95. The van der Waals surface area contributed by atoms with Crippen LogP contribution < -0.4 is 0 Å². The molecule has 5 heteroatoms. The van der Waals surface area contributed by atoms with Crippen molar-refractivity contribution < 1.29 is 13.9 Å². The highest BCUT2D eigenvalue weighted by Gasteiger charge is 2.30. The highest BCUT2D eigenvalue weighted by atomic mass is 19.1. The van der Waals surface area contributed by atoms with Crippen LogP contribution in [-0.2, 0) is 0 Å². The fourth-order valence-corrected chi connectivity index (χ4v) is 3.77. The number of nitrogens with zero attached hydrogens (tertiary/aromatic N) is 2. The molecule has 4 aromatic rings. The number of aromatic nitrogens is 2. The summed E-state index contributed by atoms with van der Waals surface area (Å²) in [5, 5.41) is 11.5. The molecule has 3 heterocycles. The van der Waals surface area contributed by atoms with Crippen molar-refractivity contribution in [2.75, 3.05) is 0 Å². The van der Waals surface area contributed by atoms with Gasteiger partial charge in [0, 0.05) is 29.0 Å². The number of hydrogen-bond acceptors (Lipinski definition) is 3. The molecular formula is C20H15FN2O2. The van der Waals surface area contributed by atoms with Gasteiger partial charge in [0.25, 0.3) is 0 Å². The number of aliphatic hydroxyl groups excluding tert-OH is 1. The molecule has 0 fully saturated rings. The largest absolute Gasteiger partial charge is 0.464 e. The first-order valence-electron chi connectivity index (χ1n) is 8.18. The molecule has 5 rings (SSSR count). The van der Waals surface area contributed by atoms with E-state index in [4.69, 9.17) is 4.42 Å². The van der Waals surface area contributed by atoms with Crippen molar-refractivity contribution in [1.29, 1.82) is 0 Å². The summed E-state index contributed by atoms with van der Waals surface area (Å²) >= 11 is 0. The number of benzene rings is 2. The normalized spacial score (nSPS) is 16.8. The minimum Gasteiger partial charge on any atom is -0.464 e. The number of hydrogen-bond donors (Lipinski definition) is 1. The lowest BCUT2D eigenvalue weighted by Crippen LogP contribution is -2.11. The third-order valence-electron chi connectivity index (χ3n) is 4.97. The first kappa shape index (κ1) is 14.4. The van der Waals surface area contributed by atoms with Gasteiger partial charge in [0.1, 0.15) is 11.4 Å². The van der Waals surface area contributed by atoms with E-state index in [0.717, 1.165) is 22.2 Å². The Hall–Kier alpha value is -2.92. The van der Waals surface area contributed by atoms with Gasteiger partial charge in [0.05, 0.1) is 36.6 Å². The summed E-state index contributed by atoms with van der Waals surface area (Å²) in [7, 11) is 0. The predicted octanol–water partition coefficient (Wildman–Crippen LogP) is 4.46. The van der Waals surface area contributed by atoms with Crippen molar-refractivity contribution in [3.05, 3.63) is 78.2 Å². The number of aliphatic hydroxyl groups is 1. The Bertz CT molecular complexity index is 1080. The van der Waals surface area contributed by atoms with Gasteiger partial charge in [-0.1, -0.05) is 24.3 Å². The van der Waals surface area contributed by atoms with E-state index >= 15 is 0 Å². The van der Waals surface area contributed by atoms with Gasteiger partial charge in [-0.05, 0) is 17.7 Å². The summed E-state index contributed by atoms with van der Waals surface area (Å²) in [5.74, 6) is -0.452. The molecule has 1 aliphatic rings. The van der Waals surface area contributed by atoms with E-state index in [0.29, 0.717) is 17.6 Å². The van der Waals surface area contributed by atoms with Crippen LogP contribution in [0.4, 0.5) is 4.39 Å². The highest BCUT2D eigenvalue weighted by molar-refractivity contribution is 5.78. The molecule has 1 aliphatic heterocycles. The summed E-state index contributed by atoms with van der Waals surface area (Å²) in [4.78, 5) is 4.22. The van der Waals surface area contributed by atoms with Gasteiger partial charge in [-0.3, -0.25) is 0 Å². The number of halogens is 1. The van der Waals surface area contributed by atoms with Crippen LogP contribution in [0.15, 0.2) is 65.7 Å². The van der Waals surface area contributed by atoms with Crippen molar-refractivity contribution in [2.45, 2.75) is 18.6 Å². The predicted molar refractivity (Wildman–Crippen MR) is 91.6 cm³/mol. The number of imidazole rings is 1. The van der Waals surface area contributed by atoms with Crippen LogP contribution in [0.5, 0.6) is 0 Å². The van der Waals surface area contributed by atoms with Gasteiger partial charge in [-0.25, -0.2) is 9.37 Å². The standard InChI is InChI=1S/C20H15FN2O2/c21-16-8-20-12(5-6-25-20)7-15(16)19(24)9-17-13-3-1-2-4-14(13)18-10-22-11-23(17)18/h1-8,10-11,17,19,24H,9H2/t17-,19+/m1/s1. The smallest absolute Gasteiger partial charge is 0.136 e. The van der Waals surface area contributed by atoms with E-state index in [1.807, 2.05) is 29.0 Å². The molecule has 2 atom stereocenters. The molecule has 4 nitrogen and oxygen atoms in total. The maximum Gasteiger partial charge on any atom is 0.136 e. The Morgan fingerprint density at radius 1 is 1.24 bits per heavy atom. The minimum atomic E-state index is -0.925. The van der Waals surface area contributed by atoms with Crippen molar-refractivity contribution in [3.63, 3.8) is 0 Å². The molecule has 2 aromatic heterocycles. The Morgan fingerprint density at radius 3 is 3.04 bits per heavy atom. The summed E-state index contributed by atoms with van der Waals surface area (Å²) in [6.07, 6.45) is 4.56. The lowest BCUT2D eigenvalue weighted by Gasteiger charge is -2.19. The number of fused-ring (bicyclic) bond motifs is 4. The quantitative estimate of drug-likeness (QED) is 0.602. The molecule has 0 aliphatic carbocycles. The van der Waals surface area contributed by atoms with Crippen LogP contribution in [0, 0.1) is 5.82 Å². The first-order valence-corrected chi connectivity index (χ1v) is 8.18. The van der Waals surface area contributed by atoms with Crippen molar-refractivity contribution in [2.24, 2.45) is 0 Å². The van der Waals surface area contributed by atoms with Crippen LogP contribution in [-0.4, -0.2) is 14.7 Å². The molecule has 25 heavy (non-hydrogen) atoms. The van der Waals surface area contributed by atoms with Crippen molar-refractivity contribution in [1.82, 2.24) is 9.55 Å². The van der Waals surface area contributed by atoms with E-state index in [-0.39, 0.29) is 6.04 Å².